The first kappa shape index (κ1) is 13.1. The Hall–Kier alpha value is -0.910. The molecule has 0 amide bonds. The van der Waals surface area contributed by atoms with Crippen LogP contribution < -0.4 is 0 Å². The molecular weight excluding hydrogens is 306 g/mol. The first-order valence-electron chi connectivity index (χ1n) is 6.65. The van der Waals surface area contributed by atoms with Gasteiger partial charge in [-0.1, -0.05) is 15.9 Å². The van der Waals surface area contributed by atoms with Crippen molar-refractivity contribution in [2.45, 2.75) is 6.42 Å². The van der Waals surface area contributed by atoms with Gasteiger partial charge in [-0.15, -0.1) is 0 Å². The van der Waals surface area contributed by atoms with Gasteiger partial charge in [0.05, 0.1) is 24.2 Å². The summed E-state index contributed by atoms with van der Waals surface area (Å²) < 4.78 is 8.66. The van der Waals surface area contributed by atoms with E-state index in [4.69, 9.17) is 9.72 Å². The predicted octanol–water partition coefficient (Wildman–Crippen LogP) is 2.21. The molecule has 0 bridgehead atoms. The molecule has 1 fully saturated rings. The van der Waals surface area contributed by atoms with Crippen LogP contribution in [0.5, 0.6) is 0 Å². The molecule has 1 aliphatic heterocycles. The Kier molecular flexibility index (Phi) is 3.86. The SMILES string of the molecule is Cn1c(CCN2CCOCC2)nc2ccc(Br)cc21. The Labute approximate surface area is 121 Å². The van der Waals surface area contributed by atoms with Crippen molar-refractivity contribution in [3.05, 3.63) is 28.5 Å². The second-order valence-electron chi connectivity index (χ2n) is 4.92. The van der Waals surface area contributed by atoms with Crippen molar-refractivity contribution < 1.29 is 4.74 Å². The van der Waals surface area contributed by atoms with E-state index in [-0.39, 0.29) is 0 Å². The van der Waals surface area contributed by atoms with E-state index in [0.29, 0.717) is 0 Å². The average molecular weight is 324 g/mol. The number of imidazole rings is 1. The fourth-order valence-electron chi connectivity index (χ4n) is 2.52. The van der Waals surface area contributed by atoms with E-state index in [0.717, 1.165) is 55.1 Å². The minimum absolute atomic E-state index is 0.857. The highest BCUT2D eigenvalue weighted by Crippen LogP contribution is 2.20. The smallest absolute Gasteiger partial charge is 0.110 e. The van der Waals surface area contributed by atoms with Gasteiger partial charge < -0.3 is 9.30 Å². The summed E-state index contributed by atoms with van der Waals surface area (Å²) in [4.78, 5) is 7.17. The Balaban J connectivity index is 1.75. The van der Waals surface area contributed by atoms with Gasteiger partial charge in [0.2, 0.25) is 0 Å². The monoisotopic (exact) mass is 323 g/mol. The topological polar surface area (TPSA) is 30.3 Å². The van der Waals surface area contributed by atoms with Gasteiger partial charge in [0.25, 0.3) is 0 Å². The maximum atomic E-state index is 5.37. The van der Waals surface area contributed by atoms with E-state index >= 15 is 0 Å². The number of benzene rings is 1. The minimum atomic E-state index is 0.857. The summed E-state index contributed by atoms with van der Waals surface area (Å²) in [6.45, 7) is 4.84. The lowest BCUT2D eigenvalue weighted by Gasteiger charge is -2.26. The van der Waals surface area contributed by atoms with Gasteiger partial charge in [-0.05, 0) is 18.2 Å². The molecule has 1 aliphatic rings. The number of aromatic nitrogens is 2. The van der Waals surface area contributed by atoms with Gasteiger partial charge in [-0.25, -0.2) is 4.98 Å². The number of halogens is 1. The van der Waals surface area contributed by atoms with Gasteiger partial charge in [-0.3, -0.25) is 4.90 Å². The number of hydrogen-bond donors (Lipinski definition) is 0. The number of hydrogen-bond acceptors (Lipinski definition) is 3. The van der Waals surface area contributed by atoms with Gasteiger partial charge >= 0.3 is 0 Å². The fourth-order valence-corrected chi connectivity index (χ4v) is 2.87. The molecule has 1 saturated heterocycles. The van der Waals surface area contributed by atoms with Crippen molar-refractivity contribution in [3.8, 4) is 0 Å². The summed E-state index contributed by atoms with van der Waals surface area (Å²) in [6, 6.07) is 6.24. The number of fused-ring (bicyclic) bond motifs is 1. The van der Waals surface area contributed by atoms with Crippen LogP contribution in [-0.4, -0.2) is 47.3 Å². The first-order chi connectivity index (χ1) is 9.24. The summed E-state index contributed by atoms with van der Waals surface area (Å²) in [6.07, 6.45) is 0.989. The van der Waals surface area contributed by atoms with Crippen molar-refractivity contribution in [3.63, 3.8) is 0 Å². The van der Waals surface area contributed by atoms with E-state index in [9.17, 15) is 0 Å². The van der Waals surface area contributed by atoms with Crippen molar-refractivity contribution in [1.29, 1.82) is 0 Å². The molecule has 0 saturated carbocycles. The van der Waals surface area contributed by atoms with E-state index in [2.05, 4.69) is 44.6 Å². The quantitative estimate of drug-likeness (QED) is 0.867. The highest BCUT2D eigenvalue weighted by Gasteiger charge is 2.13. The number of nitrogens with zero attached hydrogens (tertiary/aromatic N) is 3. The maximum Gasteiger partial charge on any atom is 0.110 e. The molecule has 1 aromatic carbocycles. The second-order valence-corrected chi connectivity index (χ2v) is 5.84. The zero-order valence-electron chi connectivity index (χ0n) is 11.1. The van der Waals surface area contributed by atoms with Crippen LogP contribution in [0, 0.1) is 0 Å². The van der Waals surface area contributed by atoms with Crippen LogP contribution in [0.3, 0.4) is 0 Å². The zero-order valence-corrected chi connectivity index (χ0v) is 12.7. The average Bonchev–Trinajstić information content (AvgIpc) is 2.74. The lowest BCUT2D eigenvalue weighted by atomic mass is 10.3. The Morgan fingerprint density at radius 2 is 2.11 bits per heavy atom. The lowest BCUT2D eigenvalue weighted by molar-refractivity contribution is 0.0382. The van der Waals surface area contributed by atoms with Crippen molar-refractivity contribution >= 4 is 27.0 Å². The standard InChI is InChI=1S/C14H18BrN3O/c1-17-13-10-11(15)2-3-12(13)16-14(17)4-5-18-6-8-19-9-7-18/h2-3,10H,4-9H2,1H3. The molecule has 0 atom stereocenters. The third-order valence-corrected chi connectivity index (χ3v) is 4.18. The second kappa shape index (κ2) is 5.61. The molecule has 4 nitrogen and oxygen atoms in total. The van der Waals surface area contributed by atoms with Crippen LogP contribution in [0.4, 0.5) is 0 Å². The van der Waals surface area contributed by atoms with Crippen LogP contribution in [0.1, 0.15) is 5.82 Å². The number of morpholine rings is 1. The van der Waals surface area contributed by atoms with Crippen LogP contribution >= 0.6 is 15.9 Å². The molecule has 102 valence electrons. The highest BCUT2D eigenvalue weighted by atomic mass is 79.9. The molecule has 0 radical (unpaired) electrons. The molecule has 1 aromatic heterocycles. The molecule has 0 aliphatic carbocycles. The van der Waals surface area contributed by atoms with Gasteiger partial charge in [0, 0.05) is 37.6 Å². The fraction of sp³-hybridized carbons (Fsp3) is 0.500. The summed E-state index contributed by atoms with van der Waals surface area (Å²) in [5, 5.41) is 0. The van der Waals surface area contributed by atoms with Gasteiger partial charge in [-0.2, -0.15) is 0 Å². The summed E-state index contributed by atoms with van der Waals surface area (Å²) in [5.74, 6) is 1.15. The van der Waals surface area contributed by atoms with E-state index in [1.807, 2.05) is 6.07 Å². The molecule has 0 N–H and O–H groups in total. The lowest BCUT2D eigenvalue weighted by Crippen LogP contribution is -2.37. The third-order valence-electron chi connectivity index (χ3n) is 3.69. The first-order valence-corrected chi connectivity index (χ1v) is 7.44. The largest absolute Gasteiger partial charge is 0.379 e. The highest BCUT2D eigenvalue weighted by molar-refractivity contribution is 9.10. The predicted molar refractivity (Wildman–Crippen MR) is 79.4 cm³/mol. The van der Waals surface area contributed by atoms with Crippen LogP contribution in [0.25, 0.3) is 11.0 Å². The van der Waals surface area contributed by atoms with Crippen molar-refractivity contribution in [1.82, 2.24) is 14.5 Å². The summed E-state index contributed by atoms with van der Waals surface area (Å²) in [5.41, 5.74) is 2.26. The Morgan fingerprint density at radius 3 is 2.89 bits per heavy atom. The van der Waals surface area contributed by atoms with E-state index in [1.54, 1.807) is 0 Å². The molecule has 19 heavy (non-hydrogen) atoms. The van der Waals surface area contributed by atoms with Crippen molar-refractivity contribution in [2.75, 3.05) is 32.8 Å². The zero-order chi connectivity index (χ0) is 13.2. The third kappa shape index (κ3) is 2.83. The number of rotatable bonds is 3. The summed E-state index contributed by atoms with van der Waals surface area (Å²) >= 11 is 3.51. The molecule has 2 heterocycles. The molecule has 3 rings (SSSR count). The number of aryl methyl sites for hydroxylation is 1. The normalized spacial score (nSPS) is 17.2. The number of ether oxygens (including phenoxy) is 1. The van der Waals surface area contributed by atoms with E-state index in [1.165, 1.54) is 5.52 Å². The van der Waals surface area contributed by atoms with Gasteiger partial charge in [0.15, 0.2) is 0 Å². The minimum Gasteiger partial charge on any atom is -0.379 e. The van der Waals surface area contributed by atoms with Crippen LogP contribution in [0.15, 0.2) is 22.7 Å². The molecular formula is C14H18BrN3O. The Bertz CT molecular complexity index is 575. The Morgan fingerprint density at radius 1 is 1.32 bits per heavy atom. The molecule has 0 spiro atoms. The van der Waals surface area contributed by atoms with Crippen LogP contribution in [0.2, 0.25) is 0 Å². The van der Waals surface area contributed by atoms with Crippen LogP contribution in [-0.2, 0) is 18.2 Å². The molecule has 2 aromatic rings. The van der Waals surface area contributed by atoms with Gasteiger partial charge in [0.1, 0.15) is 5.82 Å². The van der Waals surface area contributed by atoms with Crippen molar-refractivity contribution in [2.24, 2.45) is 7.05 Å². The summed E-state index contributed by atoms with van der Waals surface area (Å²) in [7, 11) is 2.09. The maximum absolute atomic E-state index is 5.37. The van der Waals surface area contributed by atoms with E-state index < -0.39 is 0 Å². The molecule has 0 unspecified atom stereocenters. The molecule has 5 heteroatoms.